The van der Waals surface area contributed by atoms with Gasteiger partial charge in [0.25, 0.3) is 0 Å². The molecule has 1 heterocycles. The van der Waals surface area contributed by atoms with Crippen LogP contribution in [-0.2, 0) is 0 Å². The van der Waals surface area contributed by atoms with E-state index in [1.807, 2.05) is 12.1 Å². The quantitative estimate of drug-likeness (QED) is 0.220. The van der Waals surface area contributed by atoms with Crippen LogP contribution in [0, 0.1) is 0 Å². The van der Waals surface area contributed by atoms with Crippen LogP contribution in [0.15, 0.2) is 97.1 Å². The first-order chi connectivity index (χ1) is 20.3. The highest BCUT2D eigenvalue weighted by atomic mass is 35.5. The number of carboxylic acids is 2. The molecular formula is C34H30ClNO6. The third kappa shape index (κ3) is 7.50. The molecule has 4 aromatic rings. The number of anilines is 1. The second-order valence-electron chi connectivity index (χ2n) is 9.81. The highest BCUT2D eigenvalue weighted by Gasteiger charge is 2.19. The van der Waals surface area contributed by atoms with Gasteiger partial charge in [0.2, 0.25) is 0 Å². The van der Waals surface area contributed by atoms with Gasteiger partial charge in [0.15, 0.2) is 11.6 Å². The lowest BCUT2D eigenvalue weighted by atomic mass is 9.98. The predicted octanol–water partition coefficient (Wildman–Crippen LogP) is 7.27. The van der Waals surface area contributed by atoms with Crippen molar-refractivity contribution in [2.45, 2.75) is 25.7 Å². The van der Waals surface area contributed by atoms with Gasteiger partial charge >= 0.3 is 11.9 Å². The number of ketones is 2. The minimum atomic E-state index is -1.12. The normalized spacial score (nSPS) is 12.8. The molecule has 0 aliphatic carbocycles. The van der Waals surface area contributed by atoms with Crippen molar-refractivity contribution in [1.82, 2.24) is 0 Å². The molecule has 0 spiro atoms. The summed E-state index contributed by atoms with van der Waals surface area (Å²) in [5.74, 6) is -2.78. The van der Waals surface area contributed by atoms with Crippen molar-refractivity contribution in [1.29, 1.82) is 0 Å². The molecule has 8 heteroatoms. The molecule has 1 aliphatic heterocycles. The molecular weight excluding hydrogens is 554 g/mol. The third-order valence-electron chi connectivity index (χ3n) is 7.01. The van der Waals surface area contributed by atoms with E-state index >= 15 is 0 Å². The Kier molecular flexibility index (Phi) is 10.2. The van der Waals surface area contributed by atoms with Crippen LogP contribution in [0.5, 0.6) is 0 Å². The number of halogens is 1. The first-order valence-electron chi connectivity index (χ1n) is 13.6. The molecule has 5 rings (SSSR count). The van der Waals surface area contributed by atoms with Crippen LogP contribution in [0.3, 0.4) is 0 Å². The molecule has 214 valence electrons. The lowest BCUT2D eigenvalue weighted by Crippen LogP contribution is -2.23. The zero-order valence-electron chi connectivity index (χ0n) is 22.8. The molecule has 1 aliphatic rings. The van der Waals surface area contributed by atoms with E-state index in [0.717, 1.165) is 18.8 Å². The summed E-state index contributed by atoms with van der Waals surface area (Å²) in [7, 11) is 0. The lowest BCUT2D eigenvalue weighted by Gasteiger charge is -2.22. The molecule has 0 saturated carbocycles. The van der Waals surface area contributed by atoms with Crippen molar-refractivity contribution in [3.05, 3.63) is 135 Å². The van der Waals surface area contributed by atoms with Gasteiger partial charge in [-0.05, 0) is 73.5 Å². The molecule has 1 saturated heterocycles. The second-order valence-corrected chi connectivity index (χ2v) is 10.3. The predicted molar refractivity (Wildman–Crippen MR) is 162 cm³/mol. The molecule has 1 fully saturated rings. The SMILES string of the molecule is O=C(O)c1ccccc1C(=O)c1ccc(Cl)cc1.O=C(O)c1ccccc1C(=O)c1ccc(N2CCCCCC2)cc1. The van der Waals surface area contributed by atoms with E-state index in [9.17, 15) is 24.3 Å². The van der Waals surface area contributed by atoms with Crippen molar-refractivity contribution in [2.24, 2.45) is 0 Å². The molecule has 7 nitrogen and oxygen atoms in total. The zero-order valence-corrected chi connectivity index (χ0v) is 23.6. The van der Waals surface area contributed by atoms with Gasteiger partial charge in [-0.1, -0.05) is 60.8 Å². The number of rotatable bonds is 7. The summed E-state index contributed by atoms with van der Waals surface area (Å²) < 4.78 is 0. The van der Waals surface area contributed by atoms with E-state index < -0.39 is 11.9 Å². The molecule has 0 radical (unpaired) electrons. The van der Waals surface area contributed by atoms with Crippen LogP contribution in [0.4, 0.5) is 5.69 Å². The van der Waals surface area contributed by atoms with Crippen LogP contribution in [0.2, 0.25) is 5.02 Å². The van der Waals surface area contributed by atoms with E-state index in [1.165, 1.54) is 43.9 Å². The highest BCUT2D eigenvalue weighted by Crippen LogP contribution is 2.22. The topological polar surface area (TPSA) is 112 Å². The Morgan fingerprint density at radius 1 is 0.524 bits per heavy atom. The summed E-state index contributed by atoms with van der Waals surface area (Å²) in [5, 5.41) is 18.8. The average Bonchev–Trinajstić information content (AvgIpc) is 3.31. The molecule has 42 heavy (non-hydrogen) atoms. The van der Waals surface area contributed by atoms with Crippen LogP contribution in [-0.4, -0.2) is 46.8 Å². The number of aromatic carboxylic acids is 2. The fraction of sp³-hybridized carbons (Fsp3) is 0.176. The maximum Gasteiger partial charge on any atom is 0.336 e. The van der Waals surface area contributed by atoms with Crippen molar-refractivity contribution < 1.29 is 29.4 Å². The number of hydrogen-bond acceptors (Lipinski definition) is 5. The minimum absolute atomic E-state index is 0.00236. The van der Waals surface area contributed by atoms with Crippen molar-refractivity contribution in [3.8, 4) is 0 Å². The van der Waals surface area contributed by atoms with Gasteiger partial charge < -0.3 is 15.1 Å². The number of carbonyl (C=O) groups excluding carboxylic acids is 2. The number of carboxylic acid groups (broad SMARTS) is 2. The maximum atomic E-state index is 12.6. The summed E-state index contributed by atoms with van der Waals surface area (Å²) in [4.78, 5) is 49.5. The standard InChI is InChI=1S/C20H21NO3.C14H9ClO3/c22-19(17-7-3-4-8-18(17)20(23)24)15-9-11-16(12-10-15)21-13-5-1-2-6-14-21;15-10-7-5-9(6-8-10)13(16)11-3-1-2-4-12(11)14(17)18/h3-4,7-12H,1-2,5-6,13-14H2,(H,23,24);1-8H,(H,17,18). The second kappa shape index (κ2) is 14.2. The Morgan fingerprint density at radius 2 is 0.905 bits per heavy atom. The number of carbonyl (C=O) groups is 4. The summed E-state index contributed by atoms with van der Waals surface area (Å²) in [6.45, 7) is 2.10. The van der Waals surface area contributed by atoms with Gasteiger partial charge in [0.05, 0.1) is 11.1 Å². The summed E-state index contributed by atoms with van der Waals surface area (Å²) in [6, 6.07) is 26.3. The van der Waals surface area contributed by atoms with Gasteiger partial charge in [0, 0.05) is 46.1 Å². The fourth-order valence-electron chi connectivity index (χ4n) is 4.80. The zero-order chi connectivity index (χ0) is 30.1. The van der Waals surface area contributed by atoms with E-state index in [1.54, 1.807) is 66.7 Å². The Labute approximate surface area is 249 Å². The van der Waals surface area contributed by atoms with Crippen LogP contribution >= 0.6 is 11.6 Å². The van der Waals surface area contributed by atoms with Gasteiger partial charge in [-0.15, -0.1) is 0 Å². The Bertz CT molecular complexity index is 1570. The number of hydrogen-bond donors (Lipinski definition) is 2. The molecule has 4 aromatic carbocycles. The lowest BCUT2D eigenvalue weighted by molar-refractivity contribution is 0.0683. The van der Waals surface area contributed by atoms with Gasteiger partial charge in [-0.2, -0.15) is 0 Å². The van der Waals surface area contributed by atoms with E-state index in [-0.39, 0.29) is 33.8 Å². The van der Waals surface area contributed by atoms with E-state index in [0.29, 0.717) is 16.1 Å². The minimum Gasteiger partial charge on any atom is -0.478 e. The summed E-state index contributed by atoms with van der Waals surface area (Å²) in [5.41, 5.74) is 2.49. The third-order valence-corrected chi connectivity index (χ3v) is 7.26. The van der Waals surface area contributed by atoms with Crippen LogP contribution < -0.4 is 4.90 Å². The Balaban J connectivity index is 0.000000201. The maximum absolute atomic E-state index is 12.6. The van der Waals surface area contributed by atoms with Gasteiger partial charge in [0.1, 0.15) is 0 Å². The molecule has 0 aromatic heterocycles. The molecule has 2 N–H and O–H groups in total. The van der Waals surface area contributed by atoms with Crippen molar-refractivity contribution in [2.75, 3.05) is 18.0 Å². The Morgan fingerprint density at radius 3 is 1.31 bits per heavy atom. The molecule has 0 amide bonds. The van der Waals surface area contributed by atoms with E-state index in [2.05, 4.69) is 4.90 Å². The van der Waals surface area contributed by atoms with Crippen molar-refractivity contribution in [3.63, 3.8) is 0 Å². The molecule has 0 bridgehead atoms. The van der Waals surface area contributed by atoms with Gasteiger partial charge in [-0.3, -0.25) is 9.59 Å². The van der Waals surface area contributed by atoms with E-state index in [4.69, 9.17) is 16.7 Å². The van der Waals surface area contributed by atoms with Gasteiger partial charge in [-0.25, -0.2) is 9.59 Å². The summed E-state index contributed by atoms with van der Waals surface area (Å²) in [6.07, 6.45) is 4.96. The first kappa shape index (κ1) is 30.2. The largest absolute Gasteiger partial charge is 0.478 e. The van der Waals surface area contributed by atoms with Crippen molar-refractivity contribution >= 4 is 40.8 Å². The smallest absolute Gasteiger partial charge is 0.336 e. The summed E-state index contributed by atoms with van der Waals surface area (Å²) >= 11 is 5.74. The fourth-order valence-corrected chi connectivity index (χ4v) is 4.93. The number of nitrogens with zero attached hydrogens (tertiary/aromatic N) is 1. The molecule has 0 unspecified atom stereocenters. The average molecular weight is 584 g/mol. The van der Waals surface area contributed by atoms with Crippen LogP contribution in [0.25, 0.3) is 0 Å². The van der Waals surface area contributed by atoms with Crippen LogP contribution in [0.1, 0.15) is 78.2 Å². The molecule has 0 atom stereocenters. The highest BCUT2D eigenvalue weighted by molar-refractivity contribution is 6.30. The number of benzene rings is 4. The first-order valence-corrected chi connectivity index (χ1v) is 14.0. The Hall–Kier alpha value is -4.75. The monoisotopic (exact) mass is 583 g/mol.